The summed E-state index contributed by atoms with van der Waals surface area (Å²) in [4.78, 5) is 0. The Morgan fingerprint density at radius 1 is 1.31 bits per heavy atom. The first-order valence-corrected chi connectivity index (χ1v) is 5.85. The highest BCUT2D eigenvalue weighted by molar-refractivity contribution is 8.00. The zero-order valence-corrected chi connectivity index (χ0v) is 10.2. The van der Waals surface area contributed by atoms with E-state index in [4.69, 9.17) is 0 Å². The molecule has 0 bridgehead atoms. The molecule has 1 unspecified atom stereocenters. The highest BCUT2D eigenvalue weighted by atomic mass is 32.2. The van der Waals surface area contributed by atoms with Gasteiger partial charge in [-0.3, -0.25) is 0 Å². The lowest BCUT2D eigenvalue weighted by Gasteiger charge is -2.20. The normalized spacial score (nSPS) is 15.0. The molecule has 0 aliphatic rings. The van der Waals surface area contributed by atoms with Crippen LogP contribution in [0.5, 0.6) is 0 Å². The smallest absolute Gasteiger partial charge is 0.0755 e. The van der Waals surface area contributed by atoms with Crippen LogP contribution in [0.3, 0.4) is 0 Å². The minimum Gasteiger partial charge on any atom is -0.391 e. The molecule has 0 saturated heterocycles. The lowest BCUT2D eigenvalue weighted by molar-refractivity contribution is 0.192. The molecule has 1 atom stereocenters. The molecule has 0 aromatic rings. The summed E-state index contributed by atoms with van der Waals surface area (Å²) in [5, 5.41) is 12.8. The molecule has 0 rings (SSSR count). The summed E-state index contributed by atoms with van der Waals surface area (Å²) in [5.41, 5.74) is 0. The number of aliphatic hydroxyl groups is 1. The second-order valence-corrected chi connectivity index (χ2v) is 6.49. The van der Waals surface area contributed by atoms with Gasteiger partial charge in [0.25, 0.3) is 0 Å². The molecule has 0 amide bonds. The standard InChI is InChI=1S/C10H23NOS/c1-8(2)11-6-9(12)7-13-10(3,4)5/h8-9,11-12H,6-7H2,1-5H3. The lowest BCUT2D eigenvalue weighted by Crippen LogP contribution is -2.33. The summed E-state index contributed by atoms with van der Waals surface area (Å²) < 4.78 is 0.249. The lowest BCUT2D eigenvalue weighted by atomic mass is 10.3. The zero-order valence-electron chi connectivity index (χ0n) is 9.42. The van der Waals surface area contributed by atoms with Gasteiger partial charge in [0, 0.05) is 23.1 Å². The van der Waals surface area contributed by atoms with Gasteiger partial charge in [-0.2, -0.15) is 11.8 Å². The Balaban J connectivity index is 3.46. The minimum atomic E-state index is -0.230. The maximum Gasteiger partial charge on any atom is 0.0755 e. The van der Waals surface area contributed by atoms with Crippen molar-refractivity contribution in [2.45, 2.75) is 51.5 Å². The molecule has 0 aliphatic heterocycles. The fraction of sp³-hybridized carbons (Fsp3) is 1.00. The van der Waals surface area contributed by atoms with Crippen molar-refractivity contribution in [3.05, 3.63) is 0 Å². The fourth-order valence-corrected chi connectivity index (χ4v) is 1.59. The van der Waals surface area contributed by atoms with Crippen molar-refractivity contribution in [3.63, 3.8) is 0 Å². The maximum absolute atomic E-state index is 9.58. The molecule has 0 fully saturated rings. The molecule has 2 nitrogen and oxygen atoms in total. The number of rotatable bonds is 5. The number of hydrogen-bond acceptors (Lipinski definition) is 3. The van der Waals surface area contributed by atoms with Crippen LogP contribution < -0.4 is 5.32 Å². The number of nitrogens with one attached hydrogen (secondary N) is 1. The minimum absolute atomic E-state index is 0.230. The molecule has 0 spiro atoms. The molecular formula is C10H23NOS. The molecular weight excluding hydrogens is 182 g/mol. The summed E-state index contributed by atoms with van der Waals surface area (Å²) in [5.74, 6) is 0.809. The second kappa shape index (κ2) is 5.89. The van der Waals surface area contributed by atoms with Crippen LogP contribution in [0.25, 0.3) is 0 Å². The van der Waals surface area contributed by atoms with Crippen LogP contribution in [-0.2, 0) is 0 Å². The Morgan fingerprint density at radius 3 is 2.23 bits per heavy atom. The third kappa shape index (κ3) is 10.2. The molecule has 0 aromatic heterocycles. The summed E-state index contributed by atoms with van der Waals surface area (Å²) in [6.45, 7) is 11.4. The second-order valence-electron chi connectivity index (χ2n) is 4.64. The highest BCUT2D eigenvalue weighted by Crippen LogP contribution is 2.23. The van der Waals surface area contributed by atoms with Crippen LogP contribution in [0.15, 0.2) is 0 Å². The molecule has 0 radical (unpaired) electrons. The molecule has 0 aliphatic carbocycles. The first-order chi connectivity index (χ1) is 5.81. The molecule has 3 heteroatoms. The van der Waals surface area contributed by atoms with E-state index in [2.05, 4.69) is 39.9 Å². The van der Waals surface area contributed by atoms with Gasteiger partial charge in [0.2, 0.25) is 0 Å². The summed E-state index contributed by atoms with van der Waals surface area (Å²) >= 11 is 1.80. The van der Waals surface area contributed by atoms with Crippen molar-refractivity contribution in [2.24, 2.45) is 0 Å². The fourth-order valence-electron chi connectivity index (χ4n) is 0.777. The van der Waals surface area contributed by atoms with E-state index in [1.165, 1.54) is 0 Å². The van der Waals surface area contributed by atoms with E-state index >= 15 is 0 Å². The van der Waals surface area contributed by atoms with Crippen LogP contribution >= 0.6 is 11.8 Å². The molecule has 0 saturated carbocycles. The van der Waals surface area contributed by atoms with Gasteiger partial charge < -0.3 is 10.4 Å². The van der Waals surface area contributed by atoms with Gasteiger partial charge in [-0.1, -0.05) is 34.6 Å². The van der Waals surface area contributed by atoms with E-state index in [0.717, 1.165) is 5.75 Å². The van der Waals surface area contributed by atoms with E-state index in [1.807, 2.05) is 0 Å². The van der Waals surface area contributed by atoms with E-state index in [-0.39, 0.29) is 10.9 Å². The maximum atomic E-state index is 9.58. The van der Waals surface area contributed by atoms with Gasteiger partial charge >= 0.3 is 0 Å². The first kappa shape index (κ1) is 13.3. The van der Waals surface area contributed by atoms with Crippen LogP contribution in [-0.4, -0.2) is 34.3 Å². The van der Waals surface area contributed by atoms with Crippen molar-refractivity contribution in [2.75, 3.05) is 12.3 Å². The van der Waals surface area contributed by atoms with Gasteiger partial charge in [-0.25, -0.2) is 0 Å². The average Bonchev–Trinajstić information content (AvgIpc) is 1.95. The summed E-state index contributed by atoms with van der Waals surface area (Å²) in [6, 6.07) is 0.453. The Labute approximate surface area is 86.5 Å². The van der Waals surface area contributed by atoms with Crippen LogP contribution in [0.2, 0.25) is 0 Å². The van der Waals surface area contributed by atoms with Gasteiger partial charge in [-0.05, 0) is 0 Å². The Hall–Kier alpha value is 0.270. The molecule has 0 heterocycles. The highest BCUT2D eigenvalue weighted by Gasteiger charge is 2.13. The van der Waals surface area contributed by atoms with E-state index in [9.17, 15) is 5.11 Å². The molecule has 2 N–H and O–H groups in total. The van der Waals surface area contributed by atoms with Crippen LogP contribution in [0.4, 0.5) is 0 Å². The summed E-state index contributed by atoms with van der Waals surface area (Å²) in [6.07, 6.45) is -0.230. The van der Waals surface area contributed by atoms with Gasteiger partial charge in [0.15, 0.2) is 0 Å². The average molecular weight is 205 g/mol. The number of hydrogen-bond donors (Lipinski definition) is 2. The number of aliphatic hydroxyl groups excluding tert-OH is 1. The van der Waals surface area contributed by atoms with Crippen molar-refractivity contribution < 1.29 is 5.11 Å². The SMILES string of the molecule is CC(C)NCC(O)CSC(C)(C)C. The van der Waals surface area contributed by atoms with E-state index < -0.39 is 0 Å². The first-order valence-electron chi connectivity index (χ1n) is 4.86. The summed E-state index contributed by atoms with van der Waals surface area (Å²) in [7, 11) is 0. The topological polar surface area (TPSA) is 32.3 Å². The third-order valence-electron chi connectivity index (χ3n) is 1.47. The number of thioether (sulfide) groups is 1. The zero-order chi connectivity index (χ0) is 10.5. The monoisotopic (exact) mass is 205 g/mol. The molecule has 13 heavy (non-hydrogen) atoms. The third-order valence-corrected chi connectivity index (χ3v) is 2.89. The van der Waals surface area contributed by atoms with Gasteiger partial charge in [-0.15, -0.1) is 0 Å². The van der Waals surface area contributed by atoms with Crippen molar-refractivity contribution in [3.8, 4) is 0 Å². The van der Waals surface area contributed by atoms with E-state index in [1.54, 1.807) is 11.8 Å². The molecule has 0 aromatic carbocycles. The Morgan fingerprint density at radius 2 is 1.85 bits per heavy atom. The Kier molecular flexibility index (Phi) is 6.01. The quantitative estimate of drug-likeness (QED) is 0.719. The van der Waals surface area contributed by atoms with Crippen LogP contribution in [0.1, 0.15) is 34.6 Å². The van der Waals surface area contributed by atoms with Gasteiger partial charge in [0.05, 0.1) is 6.10 Å². The Bertz CT molecular complexity index is 131. The van der Waals surface area contributed by atoms with Crippen molar-refractivity contribution >= 4 is 11.8 Å². The molecule has 80 valence electrons. The van der Waals surface area contributed by atoms with E-state index in [0.29, 0.717) is 12.6 Å². The predicted octanol–water partition coefficient (Wildman–Crippen LogP) is 1.88. The van der Waals surface area contributed by atoms with Crippen LogP contribution in [0, 0.1) is 0 Å². The van der Waals surface area contributed by atoms with Gasteiger partial charge in [0.1, 0.15) is 0 Å². The predicted molar refractivity (Wildman–Crippen MR) is 61.4 cm³/mol. The van der Waals surface area contributed by atoms with Crippen molar-refractivity contribution in [1.82, 2.24) is 5.32 Å². The largest absolute Gasteiger partial charge is 0.391 e. The van der Waals surface area contributed by atoms with Crippen molar-refractivity contribution in [1.29, 1.82) is 0 Å².